The van der Waals surface area contributed by atoms with Crippen molar-refractivity contribution in [2.75, 3.05) is 13.7 Å². The number of furan rings is 1. The molecule has 1 atom stereocenters. The van der Waals surface area contributed by atoms with Crippen molar-refractivity contribution in [3.8, 4) is 5.75 Å². The summed E-state index contributed by atoms with van der Waals surface area (Å²) in [5, 5.41) is 8.43. The SMILES string of the molecule is COc1ccc2c(c1)C(=O)N(C[C@@]1(c3cc4cc(CN=O)ccc4o3)NC(=O)NC1=O)C2. The van der Waals surface area contributed by atoms with E-state index >= 15 is 0 Å². The van der Waals surface area contributed by atoms with Gasteiger partial charge in [0.25, 0.3) is 11.8 Å². The molecule has 162 valence electrons. The first-order valence-electron chi connectivity index (χ1n) is 9.85. The normalized spacial score (nSPS) is 19.8. The number of fused-ring (bicyclic) bond motifs is 2. The van der Waals surface area contributed by atoms with Crippen molar-refractivity contribution in [1.82, 2.24) is 15.5 Å². The van der Waals surface area contributed by atoms with Crippen LogP contribution in [-0.2, 0) is 23.4 Å². The molecule has 1 saturated heterocycles. The summed E-state index contributed by atoms with van der Waals surface area (Å²) in [5.74, 6) is -0.146. The number of imide groups is 1. The molecule has 5 rings (SSSR count). The fourth-order valence-electron chi connectivity index (χ4n) is 4.21. The number of ether oxygens (including phenoxy) is 1. The van der Waals surface area contributed by atoms with Gasteiger partial charge in [0, 0.05) is 17.5 Å². The highest BCUT2D eigenvalue weighted by atomic mass is 16.5. The Kier molecular flexibility index (Phi) is 4.43. The molecular formula is C22H18N4O6. The topological polar surface area (TPSA) is 130 Å². The Balaban J connectivity index is 1.53. The third-order valence-corrected chi connectivity index (χ3v) is 5.81. The smallest absolute Gasteiger partial charge is 0.322 e. The zero-order chi connectivity index (χ0) is 22.5. The first-order chi connectivity index (χ1) is 15.4. The summed E-state index contributed by atoms with van der Waals surface area (Å²) in [6.07, 6.45) is 0. The van der Waals surface area contributed by atoms with E-state index in [0.29, 0.717) is 27.8 Å². The minimum absolute atomic E-state index is 0.00280. The van der Waals surface area contributed by atoms with Crippen LogP contribution in [0, 0.1) is 4.91 Å². The molecule has 0 aliphatic carbocycles. The summed E-state index contributed by atoms with van der Waals surface area (Å²) in [7, 11) is 1.52. The maximum atomic E-state index is 13.1. The number of benzene rings is 2. The molecular weight excluding hydrogens is 416 g/mol. The Hall–Kier alpha value is -4.21. The lowest BCUT2D eigenvalue weighted by Crippen LogP contribution is -2.52. The molecule has 3 heterocycles. The summed E-state index contributed by atoms with van der Waals surface area (Å²) in [6.45, 7) is 0.157. The first kappa shape index (κ1) is 19.7. The van der Waals surface area contributed by atoms with Crippen LogP contribution in [0.1, 0.15) is 27.2 Å². The minimum atomic E-state index is -1.60. The molecule has 0 saturated carbocycles. The Morgan fingerprint density at radius 3 is 2.72 bits per heavy atom. The number of rotatable bonds is 6. The molecule has 0 bridgehead atoms. The van der Waals surface area contributed by atoms with E-state index in [0.717, 1.165) is 5.56 Å². The standard InChI is InChI=1S/C22H18N4O6/c1-31-15-4-3-13-10-26(19(27)16(13)8-15)11-22(20(28)24-21(29)25-22)18-7-14-6-12(9-23-30)2-5-17(14)32-18/h2-8H,9-11H2,1H3,(H2,24,25,28,29)/t22-/m0/s1. The predicted molar refractivity (Wildman–Crippen MR) is 112 cm³/mol. The first-order valence-corrected chi connectivity index (χ1v) is 9.85. The van der Waals surface area contributed by atoms with Gasteiger partial charge in [-0.25, -0.2) is 4.79 Å². The number of carbonyl (C=O) groups is 3. The second-order valence-electron chi connectivity index (χ2n) is 7.77. The maximum Gasteiger partial charge on any atom is 0.322 e. The van der Waals surface area contributed by atoms with Gasteiger partial charge in [0.2, 0.25) is 0 Å². The molecule has 32 heavy (non-hydrogen) atoms. The predicted octanol–water partition coefficient (Wildman–Crippen LogP) is 2.40. The van der Waals surface area contributed by atoms with Crippen LogP contribution >= 0.6 is 0 Å². The van der Waals surface area contributed by atoms with Crippen molar-refractivity contribution < 1.29 is 23.5 Å². The van der Waals surface area contributed by atoms with Gasteiger partial charge in [0.05, 0.1) is 13.7 Å². The highest BCUT2D eigenvalue weighted by molar-refractivity contribution is 6.08. The fraction of sp³-hybridized carbons (Fsp3) is 0.227. The number of nitrogens with zero attached hydrogens (tertiary/aromatic N) is 2. The number of nitrogens with one attached hydrogen (secondary N) is 2. The number of nitroso groups, excluding NO2 is 1. The Morgan fingerprint density at radius 2 is 2.00 bits per heavy atom. The molecule has 0 unspecified atom stereocenters. The van der Waals surface area contributed by atoms with Crippen LogP contribution < -0.4 is 15.4 Å². The Morgan fingerprint density at radius 1 is 1.16 bits per heavy atom. The average Bonchev–Trinajstić information content (AvgIpc) is 3.42. The van der Waals surface area contributed by atoms with E-state index in [4.69, 9.17) is 9.15 Å². The summed E-state index contributed by atoms with van der Waals surface area (Å²) < 4.78 is 11.1. The average molecular weight is 434 g/mol. The summed E-state index contributed by atoms with van der Waals surface area (Å²) in [4.78, 5) is 50.2. The van der Waals surface area contributed by atoms with Crippen LogP contribution in [0.15, 0.2) is 52.1 Å². The third kappa shape index (κ3) is 2.99. The molecule has 1 fully saturated rings. The lowest BCUT2D eigenvalue weighted by atomic mass is 9.95. The van der Waals surface area contributed by atoms with Crippen LogP contribution in [0.3, 0.4) is 0 Å². The van der Waals surface area contributed by atoms with E-state index in [9.17, 15) is 19.3 Å². The van der Waals surface area contributed by atoms with Gasteiger partial charge in [-0.3, -0.25) is 14.9 Å². The summed E-state index contributed by atoms with van der Waals surface area (Å²) in [5.41, 5.74) is 0.851. The quantitative estimate of drug-likeness (QED) is 0.453. The molecule has 10 heteroatoms. The van der Waals surface area contributed by atoms with Crippen molar-refractivity contribution in [3.05, 3.63) is 69.8 Å². The number of amides is 4. The number of urea groups is 1. The molecule has 4 amide bonds. The molecule has 1 aromatic heterocycles. The van der Waals surface area contributed by atoms with E-state index in [2.05, 4.69) is 15.8 Å². The van der Waals surface area contributed by atoms with E-state index < -0.39 is 17.5 Å². The van der Waals surface area contributed by atoms with E-state index in [1.54, 1.807) is 42.5 Å². The zero-order valence-electron chi connectivity index (χ0n) is 17.0. The third-order valence-electron chi connectivity index (χ3n) is 5.81. The van der Waals surface area contributed by atoms with Gasteiger partial charge in [-0.2, -0.15) is 4.91 Å². The Bertz CT molecular complexity index is 1300. The van der Waals surface area contributed by atoms with Gasteiger partial charge >= 0.3 is 6.03 Å². The number of carbonyl (C=O) groups excluding carboxylic acids is 3. The van der Waals surface area contributed by atoms with Gasteiger partial charge in [0.15, 0.2) is 5.54 Å². The van der Waals surface area contributed by atoms with Crippen molar-refractivity contribution in [2.45, 2.75) is 18.6 Å². The van der Waals surface area contributed by atoms with Crippen LogP contribution in [0.2, 0.25) is 0 Å². The van der Waals surface area contributed by atoms with Crippen molar-refractivity contribution in [2.24, 2.45) is 5.18 Å². The highest BCUT2D eigenvalue weighted by Crippen LogP contribution is 2.35. The van der Waals surface area contributed by atoms with Crippen LogP contribution in [0.5, 0.6) is 5.75 Å². The second kappa shape index (κ2) is 7.19. The monoisotopic (exact) mass is 434 g/mol. The van der Waals surface area contributed by atoms with Gasteiger partial charge in [-0.15, -0.1) is 0 Å². The number of hydrogen-bond acceptors (Lipinski definition) is 7. The highest BCUT2D eigenvalue weighted by Gasteiger charge is 2.53. The van der Waals surface area contributed by atoms with Gasteiger partial charge in [0.1, 0.15) is 23.6 Å². The molecule has 2 N–H and O–H groups in total. The minimum Gasteiger partial charge on any atom is -0.497 e. The fourth-order valence-corrected chi connectivity index (χ4v) is 4.21. The largest absolute Gasteiger partial charge is 0.497 e. The molecule has 0 spiro atoms. The molecule has 2 aromatic carbocycles. The molecule has 2 aliphatic rings. The summed E-state index contributed by atoms with van der Waals surface area (Å²) >= 11 is 0. The molecule has 10 nitrogen and oxygen atoms in total. The van der Waals surface area contributed by atoms with Gasteiger partial charge < -0.3 is 19.4 Å². The van der Waals surface area contributed by atoms with Crippen LogP contribution in [-0.4, -0.2) is 36.4 Å². The van der Waals surface area contributed by atoms with E-state index in [1.165, 1.54) is 12.0 Å². The van der Waals surface area contributed by atoms with Gasteiger partial charge in [-0.1, -0.05) is 17.3 Å². The van der Waals surface area contributed by atoms with Gasteiger partial charge in [-0.05, 0) is 41.5 Å². The molecule has 3 aromatic rings. The lowest BCUT2D eigenvalue weighted by molar-refractivity contribution is -0.125. The number of hydrogen-bond donors (Lipinski definition) is 2. The van der Waals surface area contributed by atoms with Crippen molar-refractivity contribution >= 4 is 28.8 Å². The van der Waals surface area contributed by atoms with Crippen molar-refractivity contribution in [1.29, 1.82) is 0 Å². The maximum absolute atomic E-state index is 13.1. The Labute approximate surface area is 181 Å². The van der Waals surface area contributed by atoms with Crippen LogP contribution in [0.4, 0.5) is 4.79 Å². The number of methoxy groups -OCH3 is 1. The lowest BCUT2D eigenvalue weighted by Gasteiger charge is -2.29. The summed E-state index contributed by atoms with van der Waals surface area (Å²) in [6, 6.07) is 11.3. The van der Waals surface area contributed by atoms with E-state index in [-0.39, 0.29) is 31.3 Å². The second-order valence-corrected chi connectivity index (χ2v) is 7.77. The zero-order valence-corrected chi connectivity index (χ0v) is 17.0. The van der Waals surface area contributed by atoms with Crippen molar-refractivity contribution in [3.63, 3.8) is 0 Å². The molecule has 0 radical (unpaired) electrons. The van der Waals surface area contributed by atoms with E-state index in [1.807, 2.05) is 0 Å². The molecule has 2 aliphatic heterocycles. The van der Waals surface area contributed by atoms with Crippen LogP contribution in [0.25, 0.3) is 11.0 Å².